The van der Waals surface area contributed by atoms with E-state index in [-0.39, 0.29) is 0 Å². The van der Waals surface area contributed by atoms with Gasteiger partial charge in [0.15, 0.2) is 0 Å². The van der Waals surface area contributed by atoms with E-state index < -0.39 is 11.9 Å². The zero-order valence-corrected chi connectivity index (χ0v) is 12.6. The van der Waals surface area contributed by atoms with Crippen LogP contribution in [0.25, 0.3) is 10.6 Å². The standard InChI is InChI=1S/C15H15NO4S/c1-19-8-3-5-11(20-2)10(7-8)14-16-13-9(15(17)18)4-6-12(13)21-14/h3,5,7,9H,4,6H2,1-2H3,(H,17,18). The molecule has 2 aromatic rings. The summed E-state index contributed by atoms with van der Waals surface area (Å²) in [5.74, 6) is 0.135. The predicted molar refractivity (Wildman–Crippen MR) is 79.4 cm³/mol. The highest BCUT2D eigenvalue weighted by Crippen LogP contribution is 2.42. The Balaban J connectivity index is 2.06. The molecule has 1 atom stereocenters. The molecule has 1 aromatic carbocycles. The Hall–Kier alpha value is -2.08. The quantitative estimate of drug-likeness (QED) is 0.940. The summed E-state index contributed by atoms with van der Waals surface area (Å²) >= 11 is 1.53. The molecule has 5 nitrogen and oxygen atoms in total. The van der Waals surface area contributed by atoms with Crippen LogP contribution in [0.15, 0.2) is 18.2 Å². The van der Waals surface area contributed by atoms with Gasteiger partial charge in [0.25, 0.3) is 0 Å². The van der Waals surface area contributed by atoms with Gasteiger partial charge in [-0.1, -0.05) is 0 Å². The molecule has 3 rings (SSSR count). The minimum Gasteiger partial charge on any atom is -0.497 e. The van der Waals surface area contributed by atoms with Gasteiger partial charge in [-0.2, -0.15) is 0 Å². The smallest absolute Gasteiger partial charge is 0.312 e. The largest absolute Gasteiger partial charge is 0.497 e. The molecule has 0 bridgehead atoms. The van der Waals surface area contributed by atoms with Crippen LogP contribution in [0, 0.1) is 0 Å². The lowest BCUT2D eigenvalue weighted by atomic mass is 10.1. The van der Waals surface area contributed by atoms with Gasteiger partial charge in [-0.25, -0.2) is 4.98 Å². The summed E-state index contributed by atoms with van der Waals surface area (Å²) in [6.07, 6.45) is 1.41. The number of methoxy groups -OCH3 is 2. The first-order valence-electron chi connectivity index (χ1n) is 6.59. The number of hydrogen-bond acceptors (Lipinski definition) is 5. The van der Waals surface area contributed by atoms with Gasteiger partial charge >= 0.3 is 5.97 Å². The third kappa shape index (κ3) is 2.35. The van der Waals surface area contributed by atoms with E-state index in [2.05, 4.69) is 4.98 Å². The van der Waals surface area contributed by atoms with Gasteiger partial charge in [0, 0.05) is 4.88 Å². The molecule has 110 valence electrons. The van der Waals surface area contributed by atoms with Crippen molar-refractivity contribution >= 4 is 17.3 Å². The molecule has 6 heteroatoms. The fraction of sp³-hybridized carbons (Fsp3) is 0.333. The summed E-state index contributed by atoms with van der Waals surface area (Å²) in [5, 5.41) is 10.0. The SMILES string of the molecule is COc1ccc(OC)c(-c2nc3c(s2)CCC3C(=O)O)c1. The monoisotopic (exact) mass is 305 g/mol. The second-order valence-electron chi connectivity index (χ2n) is 4.82. The van der Waals surface area contributed by atoms with Gasteiger partial charge in [-0.15, -0.1) is 11.3 Å². The molecule has 21 heavy (non-hydrogen) atoms. The van der Waals surface area contributed by atoms with E-state index in [1.807, 2.05) is 18.2 Å². The number of carboxylic acid groups (broad SMARTS) is 1. The second-order valence-corrected chi connectivity index (χ2v) is 5.91. The fourth-order valence-electron chi connectivity index (χ4n) is 2.56. The van der Waals surface area contributed by atoms with Crippen molar-refractivity contribution in [1.82, 2.24) is 4.98 Å². The van der Waals surface area contributed by atoms with E-state index in [0.29, 0.717) is 17.9 Å². The molecule has 1 unspecified atom stereocenters. The average Bonchev–Trinajstić information content (AvgIpc) is 3.06. The Morgan fingerprint density at radius 2 is 2.19 bits per heavy atom. The number of rotatable bonds is 4. The number of fused-ring (bicyclic) bond motifs is 1. The van der Waals surface area contributed by atoms with Gasteiger partial charge in [-0.3, -0.25) is 4.79 Å². The zero-order valence-electron chi connectivity index (χ0n) is 11.8. The molecule has 1 N–H and O–H groups in total. The molecule has 1 aliphatic carbocycles. The average molecular weight is 305 g/mol. The van der Waals surface area contributed by atoms with Crippen LogP contribution in [0.4, 0.5) is 0 Å². The highest BCUT2D eigenvalue weighted by Gasteiger charge is 2.32. The predicted octanol–water partition coefficient (Wildman–Crippen LogP) is 2.94. The minimum absolute atomic E-state index is 0.485. The Morgan fingerprint density at radius 3 is 2.86 bits per heavy atom. The van der Waals surface area contributed by atoms with Crippen molar-refractivity contribution in [1.29, 1.82) is 0 Å². The molecule has 0 radical (unpaired) electrons. The van der Waals surface area contributed by atoms with E-state index in [0.717, 1.165) is 27.6 Å². The van der Waals surface area contributed by atoms with Crippen LogP contribution in [0.5, 0.6) is 11.5 Å². The number of ether oxygens (including phenoxy) is 2. The molecule has 0 fully saturated rings. The Labute approximate surface area is 126 Å². The molecule has 0 saturated carbocycles. The third-order valence-electron chi connectivity index (χ3n) is 3.65. The first-order chi connectivity index (χ1) is 10.1. The molecule has 0 saturated heterocycles. The lowest BCUT2D eigenvalue weighted by Gasteiger charge is -2.08. The maximum Gasteiger partial charge on any atom is 0.312 e. The van der Waals surface area contributed by atoms with Gasteiger partial charge in [0.2, 0.25) is 0 Å². The highest BCUT2D eigenvalue weighted by molar-refractivity contribution is 7.15. The van der Waals surface area contributed by atoms with Crippen molar-refractivity contribution in [2.45, 2.75) is 18.8 Å². The Morgan fingerprint density at radius 1 is 1.38 bits per heavy atom. The molecule has 0 aliphatic heterocycles. The van der Waals surface area contributed by atoms with Crippen molar-refractivity contribution < 1.29 is 19.4 Å². The van der Waals surface area contributed by atoms with Crippen molar-refractivity contribution in [2.75, 3.05) is 14.2 Å². The fourth-order valence-corrected chi connectivity index (χ4v) is 3.72. The highest BCUT2D eigenvalue weighted by atomic mass is 32.1. The molecule has 0 spiro atoms. The molecular weight excluding hydrogens is 290 g/mol. The number of carbonyl (C=O) groups is 1. The Kier molecular flexibility index (Phi) is 3.55. The van der Waals surface area contributed by atoms with Crippen LogP contribution in [-0.2, 0) is 11.2 Å². The molecule has 0 amide bonds. The van der Waals surface area contributed by atoms with Crippen LogP contribution in [0.3, 0.4) is 0 Å². The normalized spacial score (nSPS) is 16.6. The molecule has 1 aliphatic rings. The van der Waals surface area contributed by atoms with Crippen LogP contribution in [0.1, 0.15) is 22.9 Å². The number of nitrogens with zero attached hydrogens (tertiary/aromatic N) is 1. The number of aryl methyl sites for hydroxylation is 1. The van der Waals surface area contributed by atoms with Crippen LogP contribution >= 0.6 is 11.3 Å². The van der Waals surface area contributed by atoms with Crippen LogP contribution in [0.2, 0.25) is 0 Å². The lowest BCUT2D eigenvalue weighted by molar-refractivity contribution is -0.138. The summed E-state index contributed by atoms with van der Waals surface area (Å²) in [6, 6.07) is 5.52. The van der Waals surface area contributed by atoms with E-state index in [4.69, 9.17) is 9.47 Å². The Bertz CT molecular complexity index is 695. The van der Waals surface area contributed by atoms with E-state index in [1.54, 1.807) is 14.2 Å². The van der Waals surface area contributed by atoms with Crippen LogP contribution in [-0.4, -0.2) is 30.3 Å². The number of thiazole rings is 1. The van der Waals surface area contributed by atoms with Crippen molar-refractivity contribution in [3.63, 3.8) is 0 Å². The number of aromatic nitrogens is 1. The van der Waals surface area contributed by atoms with E-state index in [1.165, 1.54) is 11.3 Å². The third-order valence-corrected chi connectivity index (χ3v) is 4.82. The van der Waals surface area contributed by atoms with Crippen LogP contribution < -0.4 is 9.47 Å². The number of hydrogen-bond donors (Lipinski definition) is 1. The number of carboxylic acids is 1. The summed E-state index contributed by atoms with van der Waals surface area (Å²) in [6.45, 7) is 0. The first-order valence-corrected chi connectivity index (χ1v) is 7.40. The van der Waals surface area contributed by atoms with Gasteiger partial charge in [0.1, 0.15) is 22.4 Å². The van der Waals surface area contributed by atoms with Crippen molar-refractivity contribution in [2.24, 2.45) is 0 Å². The van der Waals surface area contributed by atoms with Gasteiger partial charge in [0.05, 0.1) is 25.5 Å². The lowest BCUT2D eigenvalue weighted by Crippen LogP contribution is -2.08. The minimum atomic E-state index is -0.803. The summed E-state index contributed by atoms with van der Waals surface area (Å²) in [5.41, 5.74) is 1.53. The molecule has 1 aromatic heterocycles. The van der Waals surface area contributed by atoms with Gasteiger partial charge < -0.3 is 14.6 Å². The van der Waals surface area contributed by atoms with Crippen molar-refractivity contribution in [3.8, 4) is 22.1 Å². The van der Waals surface area contributed by atoms with E-state index >= 15 is 0 Å². The second kappa shape index (κ2) is 5.37. The van der Waals surface area contributed by atoms with Crippen molar-refractivity contribution in [3.05, 3.63) is 28.8 Å². The maximum absolute atomic E-state index is 11.3. The maximum atomic E-state index is 11.3. The number of aliphatic carboxylic acids is 1. The first kappa shape index (κ1) is 13.9. The topological polar surface area (TPSA) is 68.7 Å². The summed E-state index contributed by atoms with van der Waals surface area (Å²) in [7, 11) is 3.21. The molecule has 1 heterocycles. The van der Waals surface area contributed by atoms with Gasteiger partial charge in [-0.05, 0) is 31.0 Å². The summed E-state index contributed by atoms with van der Waals surface area (Å²) in [4.78, 5) is 16.9. The number of benzene rings is 1. The summed E-state index contributed by atoms with van der Waals surface area (Å²) < 4.78 is 10.6. The van der Waals surface area contributed by atoms with E-state index in [9.17, 15) is 9.90 Å². The molecular formula is C15H15NO4S. The zero-order chi connectivity index (χ0) is 15.0.